The van der Waals surface area contributed by atoms with Crippen LogP contribution in [-0.4, -0.2) is 79.2 Å². The van der Waals surface area contributed by atoms with Gasteiger partial charge in [0.15, 0.2) is 12.6 Å². The largest absolute Gasteiger partial charge is 0.497 e. The zero-order chi connectivity index (χ0) is 35.1. The van der Waals surface area contributed by atoms with Crippen LogP contribution in [0.25, 0.3) is 0 Å². The summed E-state index contributed by atoms with van der Waals surface area (Å²) in [6, 6.07) is 22.3. The van der Waals surface area contributed by atoms with E-state index in [4.69, 9.17) is 32.7 Å². The van der Waals surface area contributed by atoms with Crippen LogP contribution in [0.3, 0.4) is 0 Å². The highest BCUT2D eigenvalue weighted by molar-refractivity contribution is 7.51. The average molecular weight is 699 g/mol. The van der Waals surface area contributed by atoms with Crippen molar-refractivity contribution >= 4 is 19.6 Å². The molecular formula is C35H43N2O11P. The second kappa shape index (κ2) is 16.3. The molecule has 264 valence electrons. The second-order valence-corrected chi connectivity index (χ2v) is 13.9. The van der Waals surface area contributed by atoms with Crippen molar-refractivity contribution < 1.29 is 52.0 Å². The molecule has 2 aliphatic rings. The van der Waals surface area contributed by atoms with E-state index < -0.39 is 68.5 Å². The van der Waals surface area contributed by atoms with Gasteiger partial charge in [0.1, 0.15) is 41.9 Å². The number of esters is 1. The van der Waals surface area contributed by atoms with Crippen LogP contribution in [0, 0.1) is 5.92 Å². The van der Waals surface area contributed by atoms with Crippen LogP contribution >= 0.6 is 7.75 Å². The number of aliphatic hydroxyl groups excluding tert-OH is 1. The number of hydrogen-bond donors (Lipinski definition) is 2. The number of carbonyl (C=O) groups is 2. The van der Waals surface area contributed by atoms with Crippen LogP contribution in [0.5, 0.6) is 11.5 Å². The lowest BCUT2D eigenvalue weighted by atomic mass is 9.96. The molecule has 49 heavy (non-hydrogen) atoms. The molecule has 3 aromatic rings. The number of aliphatic hydroxyl groups is 1. The lowest BCUT2D eigenvalue weighted by Gasteiger charge is -2.49. The molecule has 2 saturated heterocycles. The Morgan fingerprint density at radius 3 is 2.18 bits per heavy atom. The summed E-state index contributed by atoms with van der Waals surface area (Å²) in [5.74, 6) is -0.934. The Morgan fingerprint density at radius 2 is 1.59 bits per heavy atom. The van der Waals surface area contributed by atoms with Crippen molar-refractivity contribution in [2.24, 2.45) is 5.92 Å². The number of rotatable bonds is 13. The van der Waals surface area contributed by atoms with Crippen molar-refractivity contribution in [3.8, 4) is 11.5 Å². The van der Waals surface area contributed by atoms with Crippen molar-refractivity contribution in [1.29, 1.82) is 0 Å². The lowest BCUT2D eigenvalue weighted by Crippen LogP contribution is -2.67. The van der Waals surface area contributed by atoms with E-state index in [1.54, 1.807) is 38.1 Å². The first-order chi connectivity index (χ1) is 23.5. The fourth-order valence-corrected chi connectivity index (χ4v) is 8.12. The van der Waals surface area contributed by atoms with Gasteiger partial charge in [-0.2, -0.15) is 4.67 Å². The third kappa shape index (κ3) is 8.68. The van der Waals surface area contributed by atoms with Crippen LogP contribution in [0.15, 0.2) is 84.9 Å². The molecule has 0 aliphatic carbocycles. The van der Waals surface area contributed by atoms with E-state index in [1.807, 2.05) is 60.7 Å². The first kappa shape index (κ1) is 36.5. The summed E-state index contributed by atoms with van der Waals surface area (Å²) in [4.78, 5) is 26.0. The highest BCUT2D eigenvalue weighted by atomic mass is 31.2. The standard InChI is InChI=1S/C35H43N2O11P/c1-22(2)30(34(40)43-5)37(20-24-12-8-6-9-13-24)49(41,47-27-18-16-26(42-4)17-19-27)48-32-29(36-23(3)38)33(39)45-28-21-44-35(46-31(28)32)25-14-10-7-11-15-25/h6-19,22,28-33,35,39H,20-21H2,1-5H3,(H,36,38)/t28?,29-,30?,31?,32+,33-,35-,49?/m0/s1. The number of ether oxygens (including phenoxy) is 5. The number of methoxy groups -OCH3 is 2. The zero-order valence-corrected chi connectivity index (χ0v) is 28.9. The van der Waals surface area contributed by atoms with Gasteiger partial charge in [-0.05, 0) is 35.7 Å². The maximum absolute atomic E-state index is 15.8. The number of benzene rings is 3. The SMILES string of the molecule is COC(=O)C(C(C)C)N(Cc1ccccc1)P(=O)(Oc1ccc(OC)cc1)O[C@H]1C2O[C@@H](c3ccccc3)OCC2O[C@H](O)[C@H]1NC(C)=O. The molecule has 5 rings (SSSR count). The summed E-state index contributed by atoms with van der Waals surface area (Å²) in [5.41, 5.74) is 1.41. The van der Waals surface area contributed by atoms with E-state index in [-0.39, 0.29) is 18.9 Å². The van der Waals surface area contributed by atoms with Crippen LogP contribution in [0.1, 0.15) is 38.2 Å². The van der Waals surface area contributed by atoms with E-state index in [0.29, 0.717) is 16.9 Å². The van der Waals surface area contributed by atoms with Crippen molar-refractivity contribution in [3.05, 3.63) is 96.1 Å². The van der Waals surface area contributed by atoms with Crippen molar-refractivity contribution in [1.82, 2.24) is 9.99 Å². The summed E-state index contributed by atoms with van der Waals surface area (Å²) in [5, 5.41) is 13.9. The number of carbonyl (C=O) groups excluding carboxylic acids is 2. The number of hydrogen-bond acceptors (Lipinski definition) is 11. The highest BCUT2D eigenvalue weighted by Gasteiger charge is 2.56. The van der Waals surface area contributed by atoms with E-state index in [1.165, 1.54) is 25.8 Å². The summed E-state index contributed by atoms with van der Waals surface area (Å²) in [6.07, 6.45) is -5.72. The van der Waals surface area contributed by atoms with Gasteiger partial charge in [0.2, 0.25) is 5.91 Å². The van der Waals surface area contributed by atoms with E-state index in [9.17, 15) is 14.7 Å². The topological polar surface area (TPSA) is 151 Å². The Kier molecular flexibility index (Phi) is 12.1. The number of nitrogens with zero attached hydrogens (tertiary/aromatic N) is 1. The number of nitrogens with one attached hydrogen (secondary N) is 1. The average Bonchev–Trinajstić information content (AvgIpc) is 3.10. The maximum Gasteiger partial charge on any atom is 0.462 e. The molecule has 8 atom stereocenters. The minimum atomic E-state index is -4.70. The molecule has 14 heteroatoms. The number of fused-ring (bicyclic) bond motifs is 1. The summed E-state index contributed by atoms with van der Waals surface area (Å²) >= 11 is 0. The van der Waals surface area contributed by atoms with Crippen molar-refractivity contribution in [3.63, 3.8) is 0 Å². The van der Waals surface area contributed by atoms with Gasteiger partial charge in [-0.15, -0.1) is 0 Å². The molecule has 3 aromatic carbocycles. The first-order valence-corrected chi connectivity index (χ1v) is 17.5. The fraction of sp³-hybridized carbons (Fsp3) is 0.429. The Hall–Kier alpha value is -3.81. The van der Waals surface area contributed by atoms with Gasteiger partial charge in [0.05, 0.1) is 20.8 Å². The molecule has 2 fully saturated rings. The minimum Gasteiger partial charge on any atom is -0.497 e. The minimum absolute atomic E-state index is 0.0118. The van der Waals surface area contributed by atoms with E-state index >= 15 is 4.57 Å². The van der Waals surface area contributed by atoms with Gasteiger partial charge >= 0.3 is 13.7 Å². The molecule has 2 heterocycles. The van der Waals surface area contributed by atoms with Gasteiger partial charge < -0.3 is 38.6 Å². The maximum atomic E-state index is 15.8. The van der Waals surface area contributed by atoms with Gasteiger partial charge in [0.25, 0.3) is 0 Å². The third-order valence-corrected chi connectivity index (χ3v) is 10.2. The molecule has 1 amide bonds. The molecular weight excluding hydrogens is 655 g/mol. The van der Waals surface area contributed by atoms with Crippen LogP contribution in [0.4, 0.5) is 0 Å². The molecule has 0 spiro atoms. The Bertz CT molecular complexity index is 1580. The molecule has 0 saturated carbocycles. The summed E-state index contributed by atoms with van der Waals surface area (Å²) < 4.78 is 58.8. The molecule has 4 unspecified atom stereocenters. The first-order valence-electron chi connectivity index (χ1n) is 16.0. The van der Waals surface area contributed by atoms with Gasteiger partial charge in [-0.25, -0.2) is 4.57 Å². The smallest absolute Gasteiger partial charge is 0.462 e. The highest BCUT2D eigenvalue weighted by Crippen LogP contribution is 2.57. The van der Waals surface area contributed by atoms with Gasteiger partial charge in [0, 0.05) is 19.0 Å². The molecule has 0 radical (unpaired) electrons. The van der Waals surface area contributed by atoms with Crippen LogP contribution < -0.4 is 14.6 Å². The Morgan fingerprint density at radius 1 is 0.959 bits per heavy atom. The molecule has 0 aromatic heterocycles. The quantitative estimate of drug-likeness (QED) is 0.190. The van der Waals surface area contributed by atoms with Gasteiger partial charge in [-0.1, -0.05) is 74.5 Å². The Labute approximate surface area is 285 Å². The van der Waals surface area contributed by atoms with Crippen molar-refractivity contribution in [2.45, 2.75) is 70.3 Å². The second-order valence-electron chi connectivity index (χ2n) is 12.1. The molecule has 2 N–H and O–H groups in total. The number of amides is 1. The Balaban J connectivity index is 1.64. The fourth-order valence-electron chi connectivity index (χ4n) is 5.91. The summed E-state index contributed by atoms with van der Waals surface area (Å²) in [7, 11) is -1.93. The molecule has 2 aliphatic heterocycles. The van der Waals surface area contributed by atoms with Crippen molar-refractivity contribution in [2.75, 3.05) is 20.8 Å². The predicted octanol–water partition coefficient (Wildman–Crippen LogP) is 4.60. The van der Waals surface area contributed by atoms with Crippen LogP contribution in [-0.2, 0) is 44.2 Å². The molecule has 0 bridgehead atoms. The lowest BCUT2D eigenvalue weighted by molar-refractivity contribution is -0.335. The molecule has 13 nitrogen and oxygen atoms in total. The third-order valence-electron chi connectivity index (χ3n) is 8.23. The summed E-state index contributed by atoms with van der Waals surface area (Å²) in [6.45, 7) is 4.78. The van der Waals surface area contributed by atoms with Gasteiger partial charge in [-0.3, -0.25) is 14.1 Å². The normalized spacial score (nSPS) is 25.5. The predicted molar refractivity (Wildman–Crippen MR) is 177 cm³/mol. The zero-order valence-electron chi connectivity index (χ0n) is 28.0. The van der Waals surface area contributed by atoms with E-state index in [0.717, 1.165) is 0 Å². The van der Waals surface area contributed by atoms with E-state index in [2.05, 4.69) is 5.32 Å². The monoisotopic (exact) mass is 698 g/mol. The van der Waals surface area contributed by atoms with Crippen LogP contribution in [0.2, 0.25) is 0 Å².